The van der Waals surface area contributed by atoms with Crippen LogP contribution >= 0.6 is 65.9 Å². The third-order valence-electron chi connectivity index (χ3n) is 3.72. The molecule has 0 aliphatic heterocycles. The average Bonchev–Trinajstić information content (AvgIpc) is 3.23. The van der Waals surface area contributed by atoms with E-state index in [1.54, 1.807) is 0 Å². The maximum atomic E-state index is 3.60. The molecule has 3 aromatic heterocycles. The summed E-state index contributed by atoms with van der Waals surface area (Å²) in [4.78, 5) is 5.59. The Hall–Kier alpha value is 0.0600. The summed E-state index contributed by atoms with van der Waals surface area (Å²) in [7, 11) is 0. The Bertz CT molecular complexity index is 767. The SMILES string of the molecule is CCCCCCc1cc(-c2ccc(Br)s2)sc1-c1ccc(Br)s1. The van der Waals surface area contributed by atoms with Crippen LogP contribution < -0.4 is 0 Å². The van der Waals surface area contributed by atoms with Crippen LogP contribution in [0.4, 0.5) is 0 Å². The normalized spacial score (nSPS) is 11.3. The molecule has 0 aromatic carbocycles. The minimum absolute atomic E-state index is 1.19. The molecular weight excluding hydrogens is 472 g/mol. The number of rotatable bonds is 7. The molecule has 0 aliphatic rings. The van der Waals surface area contributed by atoms with Crippen LogP contribution in [0.5, 0.6) is 0 Å². The lowest BCUT2D eigenvalue weighted by atomic mass is 10.1. The molecule has 23 heavy (non-hydrogen) atoms. The van der Waals surface area contributed by atoms with E-state index in [-0.39, 0.29) is 0 Å². The first-order valence-electron chi connectivity index (χ1n) is 7.81. The van der Waals surface area contributed by atoms with Gasteiger partial charge in [0.25, 0.3) is 0 Å². The molecule has 3 rings (SSSR count). The maximum Gasteiger partial charge on any atom is 0.0705 e. The molecule has 0 fully saturated rings. The Kier molecular flexibility index (Phi) is 6.55. The van der Waals surface area contributed by atoms with E-state index < -0.39 is 0 Å². The molecule has 3 aromatic rings. The van der Waals surface area contributed by atoms with Gasteiger partial charge in [0, 0.05) is 19.5 Å². The molecule has 0 N–H and O–H groups in total. The van der Waals surface area contributed by atoms with Gasteiger partial charge in [-0.15, -0.1) is 34.0 Å². The second kappa shape index (κ2) is 8.43. The second-order valence-electron chi connectivity index (χ2n) is 5.48. The fourth-order valence-electron chi connectivity index (χ4n) is 2.57. The Morgan fingerprint density at radius 2 is 1.48 bits per heavy atom. The molecule has 0 spiro atoms. The number of unbranched alkanes of at least 4 members (excludes halogenated alkanes) is 3. The van der Waals surface area contributed by atoms with Crippen molar-refractivity contribution in [1.29, 1.82) is 0 Å². The zero-order chi connectivity index (χ0) is 16.2. The van der Waals surface area contributed by atoms with E-state index in [1.807, 2.05) is 34.0 Å². The van der Waals surface area contributed by atoms with Gasteiger partial charge < -0.3 is 0 Å². The first kappa shape index (κ1) is 17.9. The van der Waals surface area contributed by atoms with Crippen molar-refractivity contribution in [3.8, 4) is 19.5 Å². The standard InChI is InChI=1S/C18H18Br2S3/c1-2-3-4-5-6-12-11-15(13-7-9-16(19)21-13)23-18(12)14-8-10-17(20)22-14/h7-11H,2-6H2,1H3. The van der Waals surface area contributed by atoms with Crippen molar-refractivity contribution >= 4 is 65.9 Å². The number of hydrogen-bond donors (Lipinski definition) is 0. The number of halogens is 2. The highest BCUT2D eigenvalue weighted by molar-refractivity contribution is 9.11. The quantitative estimate of drug-likeness (QED) is 0.290. The Morgan fingerprint density at radius 1 is 0.783 bits per heavy atom. The van der Waals surface area contributed by atoms with E-state index in [4.69, 9.17) is 0 Å². The first-order valence-corrected chi connectivity index (χ1v) is 11.8. The summed E-state index contributed by atoms with van der Waals surface area (Å²) in [6, 6.07) is 11.2. The van der Waals surface area contributed by atoms with Crippen molar-refractivity contribution in [2.45, 2.75) is 39.0 Å². The lowest BCUT2D eigenvalue weighted by Gasteiger charge is -2.01. The van der Waals surface area contributed by atoms with Crippen molar-refractivity contribution in [2.75, 3.05) is 0 Å². The second-order valence-corrected chi connectivity index (χ2v) is 11.5. The smallest absolute Gasteiger partial charge is 0.0705 e. The van der Waals surface area contributed by atoms with Crippen LogP contribution in [-0.4, -0.2) is 0 Å². The summed E-state index contributed by atoms with van der Waals surface area (Å²) in [5.41, 5.74) is 1.51. The largest absolute Gasteiger partial charge is 0.133 e. The molecule has 5 heteroatoms. The van der Waals surface area contributed by atoms with Gasteiger partial charge in [0.2, 0.25) is 0 Å². The van der Waals surface area contributed by atoms with Gasteiger partial charge in [-0.25, -0.2) is 0 Å². The predicted molar refractivity (Wildman–Crippen MR) is 114 cm³/mol. The van der Waals surface area contributed by atoms with Gasteiger partial charge in [-0.05, 0) is 80.6 Å². The molecule has 0 saturated carbocycles. The molecule has 0 amide bonds. The maximum absolute atomic E-state index is 3.60. The molecule has 122 valence electrons. The van der Waals surface area contributed by atoms with Crippen molar-refractivity contribution in [2.24, 2.45) is 0 Å². The highest BCUT2D eigenvalue weighted by Crippen LogP contribution is 2.44. The average molecular weight is 490 g/mol. The molecule has 0 bridgehead atoms. The zero-order valence-electron chi connectivity index (χ0n) is 12.9. The summed E-state index contributed by atoms with van der Waals surface area (Å²) in [5.74, 6) is 0. The van der Waals surface area contributed by atoms with E-state index in [9.17, 15) is 0 Å². The first-order chi connectivity index (χ1) is 11.2. The minimum Gasteiger partial charge on any atom is -0.133 e. The van der Waals surface area contributed by atoms with Crippen molar-refractivity contribution in [3.63, 3.8) is 0 Å². The Balaban J connectivity index is 1.89. The molecule has 3 heterocycles. The van der Waals surface area contributed by atoms with Gasteiger partial charge in [0.15, 0.2) is 0 Å². The summed E-state index contributed by atoms with van der Waals surface area (Å²) in [5, 5.41) is 0. The van der Waals surface area contributed by atoms with Crippen LogP contribution in [0.1, 0.15) is 38.2 Å². The fourth-order valence-corrected chi connectivity index (χ4v) is 6.78. The van der Waals surface area contributed by atoms with Crippen LogP contribution in [0.25, 0.3) is 19.5 Å². The van der Waals surface area contributed by atoms with Gasteiger partial charge in [-0.1, -0.05) is 26.2 Å². The molecule has 0 nitrogen and oxygen atoms in total. The topological polar surface area (TPSA) is 0 Å². The Morgan fingerprint density at radius 3 is 2.09 bits per heavy atom. The van der Waals surface area contributed by atoms with Crippen LogP contribution in [-0.2, 0) is 6.42 Å². The third kappa shape index (κ3) is 4.57. The van der Waals surface area contributed by atoms with Crippen LogP contribution in [0.2, 0.25) is 0 Å². The van der Waals surface area contributed by atoms with Crippen LogP contribution in [0, 0.1) is 0 Å². The van der Waals surface area contributed by atoms with E-state index >= 15 is 0 Å². The van der Waals surface area contributed by atoms with Gasteiger partial charge in [-0.2, -0.15) is 0 Å². The fraction of sp³-hybridized carbons (Fsp3) is 0.333. The minimum atomic E-state index is 1.19. The summed E-state index contributed by atoms with van der Waals surface area (Å²) >= 11 is 12.8. The summed E-state index contributed by atoms with van der Waals surface area (Å²) in [6.07, 6.45) is 6.45. The highest BCUT2D eigenvalue weighted by atomic mass is 79.9. The molecule has 0 saturated heterocycles. The number of aryl methyl sites for hydroxylation is 1. The molecule has 0 unspecified atom stereocenters. The van der Waals surface area contributed by atoms with Crippen LogP contribution in [0.15, 0.2) is 37.9 Å². The lowest BCUT2D eigenvalue weighted by Crippen LogP contribution is -1.85. The van der Waals surface area contributed by atoms with E-state index in [0.29, 0.717) is 0 Å². The van der Waals surface area contributed by atoms with Crippen molar-refractivity contribution in [1.82, 2.24) is 0 Å². The molecular formula is C18H18Br2S3. The molecule has 0 radical (unpaired) electrons. The van der Waals surface area contributed by atoms with E-state index in [2.05, 4.69) is 69.1 Å². The van der Waals surface area contributed by atoms with E-state index in [0.717, 1.165) is 0 Å². The Labute approximate surface area is 166 Å². The molecule has 0 atom stereocenters. The van der Waals surface area contributed by atoms with Crippen molar-refractivity contribution in [3.05, 3.63) is 43.5 Å². The van der Waals surface area contributed by atoms with Gasteiger partial charge in [0.05, 0.1) is 7.57 Å². The van der Waals surface area contributed by atoms with Gasteiger partial charge in [0.1, 0.15) is 0 Å². The summed E-state index contributed by atoms with van der Waals surface area (Å²) < 4.78 is 2.41. The number of hydrogen-bond acceptors (Lipinski definition) is 3. The zero-order valence-corrected chi connectivity index (χ0v) is 18.5. The van der Waals surface area contributed by atoms with Gasteiger partial charge in [-0.3, -0.25) is 0 Å². The summed E-state index contributed by atoms with van der Waals surface area (Å²) in [6.45, 7) is 2.27. The monoisotopic (exact) mass is 488 g/mol. The van der Waals surface area contributed by atoms with Crippen molar-refractivity contribution < 1.29 is 0 Å². The highest BCUT2D eigenvalue weighted by Gasteiger charge is 2.15. The van der Waals surface area contributed by atoms with Gasteiger partial charge >= 0.3 is 0 Å². The number of thiophene rings is 3. The lowest BCUT2D eigenvalue weighted by molar-refractivity contribution is 0.668. The third-order valence-corrected chi connectivity index (χ3v) is 8.52. The van der Waals surface area contributed by atoms with Crippen LogP contribution in [0.3, 0.4) is 0 Å². The predicted octanol–water partition coefficient (Wildman–Crippen LogP) is 8.85. The molecule has 0 aliphatic carbocycles. The van der Waals surface area contributed by atoms with E-state index in [1.165, 1.54) is 64.7 Å².